The van der Waals surface area contributed by atoms with Crippen LogP contribution in [-0.4, -0.2) is 41.0 Å². The van der Waals surface area contributed by atoms with E-state index in [-0.39, 0.29) is 6.10 Å². The van der Waals surface area contributed by atoms with Crippen molar-refractivity contribution in [3.05, 3.63) is 0 Å². The van der Waals surface area contributed by atoms with E-state index in [4.69, 9.17) is 0 Å². The van der Waals surface area contributed by atoms with Gasteiger partial charge in [0.15, 0.2) is 0 Å². The van der Waals surface area contributed by atoms with Gasteiger partial charge in [0.25, 0.3) is 0 Å². The molecule has 2 bridgehead atoms. The number of carbonyl (C=O) groups excluding carboxylic acids is 1. The third kappa shape index (κ3) is 1.76. The molecule has 0 saturated carbocycles. The lowest BCUT2D eigenvalue weighted by molar-refractivity contribution is -0.108. The summed E-state index contributed by atoms with van der Waals surface area (Å²) in [5.74, 6) is 0. The van der Waals surface area contributed by atoms with Gasteiger partial charge in [-0.3, -0.25) is 4.90 Å². The normalized spacial score (nSPS) is 39.3. The van der Waals surface area contributed by atoms with Gasteiger partial charge >= 0.3 is 0 Å². The summed E-state index contributed by atoms with van der Waals surface area (Å²) >= 11 is 0. The molecule has 0 aromatic carbocycles. The van der Waals surface area contributed by atoms with Crippen LogP contribution in [0.4, 0.5) is 0 Å². The molecule has 2 aliphatic rings. The van der Waals surface area contributed by atoms with Gasteiger partial charge in [-0.2, -0.15) is 0 Å². The molecule has 2 unspecified atom stereocenters. The summed E-state index contributed by atoms with van der Waals surface area (Å²) in [6, 6.07) is 1.10. The number of nitrogens with zero attached hydrogens (tertiary/aromatic N) is 1. The van der Waals surface area contributed by atoms with Crippen molar-refractivity contribution in [3.8, 4) is 0 Å². The first-order chi connectivity index (χ1) is 6.31. The lowest BCUT2D eigenvalue weighted by Gasteiger charge is -2.36. The number of aldehydes is 1. The van der Waals surface area contributed by atoms with E-state index in [0.717, 1.165) is 25.7 Å². The molecular weight excluding hydrogens is 166 g/mol. The Morgan fingerprint density at radius 1 is 1.31 bits per heavy atom. The van der Waals surface area contributed by atoms with Crippen molar-refractivity contribution < 1.29 is 9.90 Å². The van der Waals surface area contributed by atoms with Gasteiger partial charge in [-0.25, -0.2) is 0 Å². The van der Waals surface area contributed by atoms with Crippen LogP contribution in [0.2, 0.25) is 0 Å². The monoisotopic (exact) mass is 183 g/mol. The van der Waals surface area contributed by atoms with Crippen LogP contribution in [0.25, 0.3) is 0 Å². The summed E-state index contributed by atoms with van der Waals surface area (Å²) in [7, 11) is 0. The van der Waals surface area contributed by atoms with E-state index in [1.54, 1.807) is 0 Å². The number of hydrogen-bond donors (Lipinski definition) is 1. The van der Waals surface area contributed by atoms with Gasteiger partial charge in [-0.15, -0.1) is 0 Å². The average Bonchev–Trinajstić information content (AvgIpc) is 2.33. The van der Waals surface area contributed by atoms with Crippen LogP contribution in [0.15, 0.2) is 0 Å². The summed E-state index contributed by atoms with van der Waals surface area (Å²) in [6.45, 7) is 0.894. The molecule has 3 nitrogen and oxygen atoms in total. The standard InChI is InChI=1S/C10H17NO2/c12-5-1-4-11-8-2-3-9(11)7-10(13)6-8/h5,8-10,13H,1-4,6-7H2. The van der Waals surface area contributed by atoms with Crippen molar-refractivity contribution in [2.75, 3.05) is 6.54 Å². The number of carbonyl (C=O) groups is 1. The van der Waals surface area contributed by atoms with Gasteiger partial charge in [-0.05, 0) is 25.7 Å². The van der Waals surface area contributed by atoms with E-state index in [1.807, 2.05) is 0 Å². The van der Waals surface area contributed by atoms with Crippen molar-refractivity contribution in [3.63, 3.8) is 0 Å². The van der Waals surface area contributed by atoms with E-state index in [9.17, 15) is 9.90 Å². The fourth-order valence-corrected chi connectivity index (χ4v) is 2.81. The maximum atomic E-state index is 10.3. The third-order valence-electron chi connectivity index (χ3n) is 3.36. The Bertz CT molecular complexity index is 181. The quantitative estimate of drug-likeness (QED) is 0.650. The van der Waals surface area contributed by atoms with Crippen molar-refractivity contribution in [2.24, 2.45) is 0 Å². The minimum absolute atomic E-state index is 0.0926. The highest BCUT2D eigenvalue weighted by atomic mass is 16.3. The Morgan fingerprint density at radius 3 is 2.46 bits per heavy atom. The van der Waals surface area contributed by atoms with Gasteiger partial charge < -0.3 is 9.90 Å². The summed E-state index contributed by atoms with van der Waals surface area (Å²) in [5, 5.41) is 9.54. The van der Waals surface area contributed by atoms with Crippen LogP contribution < -0.4 is 0 Å². The van der Waals surface area contributed by atoms with Crippen LogP contribution in [0.1, 0.15) is 32.1 Å². The zero-order valence-corrected chi connectivity index (χ0v) is 7.85. The predicted molar refractivity (Wildman–Crippen MR) is 49.4 cm³/mol. The summed E-state index contributed by atoms with van der Waals surface area (Å²) in [5.41, 5.74) is 0. The minimum atomic E-state index is -0.0926. The largest absolute Gasteiger partial charge is 0.393 e. The number of fused-ring (bicyclic) bond motifs is 2. The van der Waals surface area contributed by atoms with Crippen molar-refractivity contribution in [1.82, 2.24) is 4.90 Å². The van der Waals surface area contributed by atoms with E-state index >= 15 is 0 Å². The molecule has 74 valence electrons. The highest BCUT2D eigenvalue weighted by Crippen LogP contribution is 2.35. The second kappa shape index (κ2) is 3.76. The van der Waals surface area contributed by atoms with Crippen LogP contribution in [0.3, 0.4) is 0 Å². The van der Waals surface area contributed by atoms with Crippen molar-refractivity contribution in [2.45, 2.75) is 50.3 Å². The molecule has 2 rings (SSSR count). The molecule has 0 aromatic rings. The summed E-state index contributed by atoms with van der Waals surface area (Å²) in [4.78, 5) is 12.7. The Kier molecular flexibility index (Phi) is 2.65. The second-order valence-electron chi connectivity index (χ2n) is 4.20. The number of aliphatic hydroxyl groups excluding tert-OH is 1. The molecule has 3 heteroatoms. The molecule has 2 heterocycles. The summed E-state index contributed by atoms with van der Waals surface area (Å²) < 4.78 is 0. The van der Waals surface area contributed by atoms with Crippen LogP contribution in [0.5, 0.6) is 0 Å². The molecule has 0 aromatic heterocycles. The fraction of sp³-hybridized carbons (Fsp3) is 0.900. The molecule has 1 N–H and O–H groups in total. The van der Waals surface area contributed by atoms with Gasteiger partial charge in [0, 0.05) is 25.0 Å². The minimum Gasteiger partial charge on any atom is -0.393 e. The lowest BCUT2D eigenvalue weighted by atomic mass is 10.00. The molecular formula is C10H17NO2. The number of piperidine rings is 1. The Hall–Kier alpha value is -0.410. The highest BCUT2D eigenvalue weighted by Gasteiger charge is 2.39. The first kappa shape index (κ1) is 9.16. The van der Waals surface area contributed by atoms with E-state index in [2.05, 4.69) is 4.90 Å². The zero-order chi connectivity index (χ0) is 9.26. The molecule has 0 amide bonds. The van der Waals surface area contributed by atoms with Crippen molar-refractivity contribution in [1.29, 1.82) is 0 Å². The number of hydrogen-bond acceptors (Lipinski definition) is 3. The topological polar surface area (TPSA) is 40.5 Å². The van der Waals surface area contributed by atoms with Crippen LogP contribution in [0, 0.1) is 0 Å². The van der Waals surface area contributed by atoms with Gasteiger partial charge in [0.05, 0.1) is 6.10 Å². The maximum absolute atomic E-state index is 10.3. The van der Waals surface area contributed by atoms with Crippen LogP contribution in [-0.2, 0) is 4.79 Å². The number of rotatable bonds is 3. The molecule has 2 atom stereocenters. The molecule has 0 aliphatic carbocycles. The van der Waals surface area contributed by atoms with E-state index in [0.29, 0.717) is 18.5 Å². The molecule has 13 heavy (non-hydrogen) atoms. The van der Waals surface area contributed by atoms with Crippen LogP contribution >= 0.6 is 0 Å². The van der Waals surface area contributed by atoms with Gasteiger partial charge in [-0.1, -0.05) is 0 Å². The average molecular weight is 183 g/mol. The van der Waals surface area contributed by atoms with E-state index in [1.165, 1.54) is 12.8 Å². The first-order valence-electron chi connectivity index (χ1n) is 5.18. The maximum Gasteiger partial charge on any atom is 0.121 e. The lowest BCUT2D eigenvalue weighted by Crippen LogP contribution is -2.45. The molecule has 0 spiro atoms. The van der Waals surface area contributed by atoms with E-state index < -0.39 is 0 Å². The molecule has 2 aliphatic heterocycles. The van der Waals surface area contributed by atoms with Gasteiger partial charge in [0.1, 0.15) is 6.29 Å². The Balaban J connectivity index is 1.94. The Morgan fingerprint density at radius 2 is 1.92 bits per heavy atom. The predicted octanol–water partition coefficient (Wildman–Crippen LogP) is 0.563. The fourth-order valence-electron chi connectivity index (χ4n) is 2.81. The van der Waals surface area contributed by atoms with Crippen molar-refractivity contribution >= 4 is 6.29 Å². The first-order valence-corrected chi connectivity index (χ1v) is 5.18. The highest BCUT2D eigenvalue weighted by molar-refractivity contribution is 5.49. The smallest absolute Gasteiger partial charge is 0.121 e. The second-order valence-corrected chi connectivity index (χ2v) is 4.20. The summed E-state index contributed by atoms with van der Waals surface area (Å²) in [6.07, 6.45) is 5.78. The molecule has 2 fully saturated rings. The Labute approximate surface area is 78.7 Å². The SMILES string of the molecule is O=CCCN1C2CCC1CC(O)C2. The third-order valence-corrected chi connectivity index (χ3v) is 3.36. The van der Waals surface area contributed by atoms with Gasteiger partial charge in [0.2, 0.25) is 0 Å². The molecule has 2 saturated heterocycles. The zero-order valence-electron chi connectivity index (χ0n) is 7.85. The molecule has 0 radical (unpaired) electrons. The number of aliphatic hydroxyl groups is 1.